The first kappa shape index (κ1) is 36.9. The van der Waals surface area contributed by atoms with Crippen LogP contribution in [0.4, 0.5) is 0 Å². The molecule has 0 unspecified atom stereocenters. The zero-order chi connectivity index (χ0) is 0. The van der Waals surface area contributed by atoms with Gasteiger partial charge in [0.05, 0.1) is 0 Å². The molecule has 5 heavy (non-hydrogen) atoms. The number of hydrogen-bond donors (Lipinski definition) is 0. The van der Waals surface area contributed by atoms with Gasteiger partial charge in [-0.2, -0.15) is 0 Å². The second-order valence-electron chi connectivity index (χ2n) is 0. The molecule has 0 nitrogen and oxygen atoms in total. The molecule has 0 fully saturated rings. The summed E-state index contributed by atoms with van der Waals surface area (Å²) >= 11 is 0. The quantitative estimate of drug-likeness (QED) is 0.515. The summed E-state index contributed by atoms with van der Waals surface area (Å²) in [5.41, 5.74) is 0. The normalized spacial score (nSPS) is 0. The summed E-state index contributed by atoms with van der Waals surface area (Å²) in [5.74, 6) is 0. The van der Waals surface area contributed by atoms with Crippen LogP contribution in [0.25, 0.3) is 0 Å². The summed E-state index contributed by atoms with van der Waals surface area (Å²) in [7, 11) is 0. The van der Waals surface area contributed by atoms with Gasteiger partial charge in [-0.25, -0.2) is 0 Å². The van der Waals surface area contributed by atoms with Gasteiger partial charge in [-0.15, -0.1) is 0 Å². The van der Waals surface area contributed by atoms with Gasteiger partial charge in [0.15, 0.2) is 0 Å². The second-order valence-corrected chi connectivity index (χ2v) is 0. The zero-order valence-electron chi connectivity index (χ0n) is 1.79. The van der Waals surface area contributed by atoms with Crippen molar-refractivity contribution in [3.05, 3.63) is 0 Å². The molecule has 0 aromatic rings. The molecule has 0 aliphatic heterocycles. The minimum absolute atomic E-state index is 0. The Morgan fingerprint density at radius 2 is 1.00 bits per heavy atom. The van der Waals surface area contributed by atoms with Crippen LogP contribution < -0.4 is 0 Å². The van der Waals surface area contributed by atoms with Crippen molar-refractivity contribution in [1.29, 1.82) is 0 Å². The van der Waals surface area contributed by atoms with Crippen molar-refractivity contribution in [3.8, 4) is 0 Å². The fourth-order valence-electron chi connectivity index (χ4n) is 0. The molecule has 0 aromatic carbocycles. The van der Waals surface area contributed by atoms with Crippen LogP contribution in [0.3, 0.4) is 0 Å². The van der Waals surface area contributed by atoms with Crippen LogP contribution in [0.1, 0.15) is 0 Å². The molecule has 0 atom stereocenters. The molecule has 0 bridgehead atoms. The third kappa shape index (κ3) is 18.1. The van der Waals surface area contributed by atoms with E-state index in [0.717, 1.165) is 0 Å². The van der Waals surface area contributed by atoms with Crippen molar-refractivity contribution in [2.45, 2.75) is 0 Å². The topological polar surface area (TPSA) is 0 Å². The molecule has 0 amide bonds. The van der Waals surface area contributed by atoms with E-state index in [0.29, 0.717) is 0 Å². The minimum atomic E-state index is 0. The molecule has 0 N–H and O–H groups in total. The van der Waals surface area contributed by atoms with E-state index in [4.69, 9.17) is 0 Å². The average molecular weight is 276 g/mol. The monoisotopic (exact) mass is 274 g/mol. The molecule has 28 valence electrons. The summed E-state index contributed by atoms with van der Waals surface area (Å²) in [4.78, 5) is 0. The first-order valence-electron chi connectivity index (χ1n) is 0. The molecule has 5 heteroatoms. The Kier molecular flexibility index (Phi) is 184. The molecule has 0 aliphatic carbocycles. The number of hydrogen-bond acceptors (Lipinski definition) is 0. The zero-order valence-corrected chi connectivity index (χ0v) is 8.16. The maximum atomic E-state index is 0. The molecule has 0 saturated heterocycles. The van der Waals surface area contributed by atoms with Crippen molar-refractivity contribution in [2.24, 2.45) is 0 Å². The van der Waals surface area contributed by atoms with E-state index in [1.807, 2.05) is 0 Å². The predicted octanol–water partition coefficient (Wildman–Crippen LogP) is -0.659. The summed E-state index contributed by atoms with van der Waals surface area (Å²) in [6.07, 6.45) is 0. The van der Waals surface area contributed by atoms with Crippen LogP contribution >= 0.6 is 0 Å². The van der Waals surface area contributed by atoms with Gasteiger partial charge in [0.1, 0.15) is 0 Å². The molecule has 0 aliphatic rings. The molecule has 0 heterocycles. The molecule has 2 radical (unpaired) electrons. The van der Waals surface area contributed by atoms with Gasteiger partial charge in [0.25, 0.3) is 0 Å². The fraction of sp³-hybridized carbons (Fsp3) is 0. The smallest absolute Gasteiger partial charge is 0 e. The Balaban J connectivity index is 0. The van der Waals surface area contributed by atoms with E-state index >= 15 is 0 Å². The van der Waals surface area contributed by atoms with Crippen molar-refractivity contribution in [1.82, 2.24) is 0 Å². The molecule has 0 rings (SSSR count). The predicted molar refractivity (Wildman–Crippen MR) is 7.15 cm³/mol. The standard InChI is InChI=1S/Cr.Cu.K.Mn.Zn.H. The SMILES string of the molecule is [Cr].[Cu].[KH].[Mn].[Zn]. The average Bonchev–Trinajstić information content (AvgIpc) is 0. The van der Waals surface area contributed by atoms with Gasteiger partial charge in [-0.3, -0.25) is 0 Å². The van der Waals surface area contributed by atoms with E-state index in [9.17, 15) is 0 Å². The molecule has 0 saturated carbocycles. The molecular formula is HCrCuKMnZn. The van der Waals surface area contributed by atoms with Gasteiger partial charge in [0.2, 0.25) is 0 Å². The second kappa shape index (κ2) is 24.9. The maximum absolute atomic E-state index is 0. The van der Waals surface area contributed by atoms with Crippen LogP contribution in [0.5, 0.6) is 0 Å². The van der Waals surface area contributed by atoms with Crippen molar-refractivity contribution in [3.63, 3.8) is 0 Å². The minimum Gasteiger partial charge on any atom is 0 e. The Bertz CT molecular complexity index is 11.6. The van der Waals surface area contributed by atoms with Gasteiger partial charge < -0.3 is 0 Å². The first-order valence-corrected chi connectivity index (χ1v) is 0. The van der Waals surface area contributed by atoms with Crippen molar-refractivity contribution >= 4 is 51.4 Å². The van der Waals surface area contributed by atoms with Crippen LogP contribution in [0, 0.1) is 0 Å². The van der Waals surface area contributed by atoms with Crippen LogP contribution in [-0.2, 0) is 71.0 Å². The summed E-state index contributed by atoms with van der Waals surface area (Å²) < 4.78 is 0. The van der Waals surface area contributed by atoms with Crippen molar-refractivity contribution < 1.29 is 71.0 Å². The molecule has 0 aromatic heterocycles. The Morgan fingerprint density at radius 3 is 1.00 bits per heavy atom. The Hall–Kier alpha value is 3.83. The third-order valence-corrected chi connectivity index (χ3v) is 0. The van der Waals surface area contributed by atoms with Crippen LogP contribution in [0.15, 0.2) is 0 Å². The van der Waals surface area contributed by atoms with E-state index in [2.05, 4.69) is 0 Å². The van der Waals surface area contributed by atoms with Gasteiger partial charge in [-0.1, -0.05) is 0 Å². The third-order valence-electron chi connectivity index (χ3n) is 0. The number of rotatable bonds is 0. The van der Waals surface area contributed by atoms with E-state index < -0.39 is 0 Å². The van der Waals surface area contributed by atoms with Gasteiger partial charge in [0, 0.05) is 71.0 Å². The van der Waals surface area contributed by atoms with Crippen LogP contribution in [-0.4, -0.2) is 51.4 Å². The maximum Gasteiger partial charge on any atom is 0 e. The molecule has 0 spiro atoms. The van der Waals surface area contributed by atoms with Crippen molar-refractivity contribution in [2.75, 3.05) is 0 Å². The van der Waals surface area contributed by atoms with E-state index in [1.54, 1.807) is 0 Å². The summed E-state index contributed by atoms with van der Waals surface area (Å²) in [5, 5.41) is 0. The Morgan fingerprint density at radius 1 is 1.00 bits per heavy atom. The largest absolute Gasteiger partial charge is 0 e. The van der Waals surface area contributed by atoms with Gasteiger partial charge >= 0.3 is 51.4 Å². The Labute approximate surface area is 119 Å². The van der Waals surface area contributed by atoms with Crippen LogP contribution in [0.2, 0.25) is 0 Å². The van der Waals surface area contributed by atoms with E-state index in [1.165, 1.54) is 0 Å². The van der Waals surface area contributed by atoms with Gasteiger partial charge in [-0.05, 0) is 0 Å². The van der Waals surface area contributed by atoms with E-state index in [-0.39, 0.29) is 122 Å². The summed E-state index contributed by atoms with van der Waals surface area (Å²) in [6.45, 7) is 0. The first-order chi connectivity index (χ1) is 0. The fourth-order valence-corrected chi connectivity index (χ4v) is 0. The summed E-state index contributed by atoms with van der Waals surface area (Å²) in [6, 6.07) is 0. The molecular weight excluding hydrogens is 275 g/mol.